The molecule has 20 heavy (non-hydrogen) atoms. The first-order chi connectivity index (χ1) is 9.47. The van der Waals surface area contributed by atoms with E-state index >= 15 is 0 Å². The van der Waals surface area contributed by atoms with Crippen molar-refractivity contribution in [1.29, 1.82) is 0 Å². The molecule has 0 bridgehead atoms. The molecule has 2 rings (SSSR count). The molecule has 4 nitrogen and oxygen atoms in total. The summed E-state index contributed by atoms with van der Waals surface area (Å²) < 4.78 is 0. The third-order valence-corrected chi connectivity index (χ3v) is 5.10. The van der Waals surface area contributed by atoms with Crippen LogP contribution in [0.25, 0.3) is 0 Å². The van der Waals surface area contributed by atoms with Crippen LogP contribution in [0.1, 0.15) is 30.8 Å². The van der Waals surface area contributed by atoms with Crippen LogP contribution in [0.3, 0.4) is 0 Å². The number of nitrogens with zero attached hydrogens (tertiary/aromatic N) is 3. The van der Waals surface area contributed by atoms with Gasteiger partial charge in [-0.1, -0.05) is 13.8 Å². The molecule has 114 valence electrons. The van der Waals surface area contributed by atoms with Crippen LogP contribution in [0.4, 0.5) is 5.13 Å². The van der Waals surface area contributed by atoms with E-state index in [0.717, 1.165) is 26.2 Å². The van der Waals surface area contributed by atoms with Crippen molar-refractivity contribution < 1.29 is 0 Å². The normalized spacial score (nSPS) is 19.6. The molecule has 0 saturated carbocycles. The zero-order chi connectivity index (χ0) is 14.7. The van der Waals surface area contributed by atoms with Crippen molar-refractivity contribution in [2.24, 2.45) is 5.92 Å². The van der Waals surface area contributed by atoms with Crippen molar-refractivity contribution in [2.75, 3.05) is 38.6 Å². The lowest BCUT2D eigenvalue weighted by Gasteiger charge is -2.19. The zero-order valence-corrected chi connectivity index (χ0v) is 14.3. The Balaban J connectivity index is 1.94. The molecule has 1 N–H and O–H groups in total. The van der Waals surface area contributed by atoms with Crippen LogP contribution in [0.2, 0.25) is 0 Å². The average Bonchev–Trinajstić information content (AvgIpc) is 2.96. The molecule has 0 spiro atoms. The van der Waals surface area contributed by atoms with Crippen molar-refractivity contribution >= 4 is 16.5 Å². The van der Waals surface area contributed by atoms with Crippen LogP contribution in [0.15, 0.2) is 0 Å². The van der Waals surface area contributed by atoms with Crippen LogP contribution in [-0.4, -0.2) is 49.7 Å². The summed E-state index contributed by atoms with van der Waals surface area (Å²) in [7, 11) is 4.34. The molecule has 1 fully saturated rings. The number of hydrogen-bond donors (Lipinski definition) is 1. The van der Waals surface area contributed by atoms with Crippen molar-refractivity contribution in [3.63, 3.8) is 0 Å². The summed E-state index contributed by atoms with van der Waals surface area (Å²) >= 11 is 1.86. The van der Waals surface area contributed by atoms with Gasteiger partial charge in [-0.05, 0) is 39.9 Å². The van der Waals surface area contributed by atoms with Crippen molar-refractivity contribution in [3.05, 3.63) is 10.6 Å². The summed E-state index contributed by atoms with van der Waals surface area (Å²) in [5.41, 5.74) is 1.19. The Morgan fingerprint density at radius 1 is 1.45 bits per heavy atom. The van der Waals surface area contributed by atoms with Crippen LogP contribution in [0.5, 0.6) is 0 Å². The number of aryl methyl sites for hydroxylation is 1. The van der Waals surface area contributed by atoms with Crippen LogP contribution < -0.4 is 10.2 Å². The molecule has 0 radical (unpaired) electrons. The molecule has 1 aliphatic heterocycles. The zero-order valence-electron chi connectivity index (χ0n) is 13.4. The largest absolute Gasteiger partial charge is 0.346 e. The number of thiazole rings is 1. The summed E-state index contributed by atoms with van der Waals surface area (Å²) in [5.74, 6) is 0.696. The number of nitrogens with one attached hydrogen (secondary N) is 1. The fourth-order valence-electron chi connectivity index (χ4n) is 2.52. The predicted molar refractivity (Wildman–Crippen MR) is 87.7 cm³/mol. The van der Waals surface area contributed by atoms with Gasteiger partial charge in [-0.2, -0.15) is 0 Å². The third kappa shape index (κ3) is 3.93. The SMILES string of the molecule is Cc1nc(N2CCC(N(C)C)C2)sc1CNCC(C)C. The second kappa shape index (κ2) is 6.87. The van der Waals surface area contributed by atoms with Crippen molar-refractivity contribution in [1.82, 2.24) is 15.2 Å². The van der Waals surface area contributed by atoms with Crippen molar-refractivity contribution in [3.8, 4) is 0 Å². The van der Waals surface area contributed by atoms with E-state index in [1.807, 2.05) is 11.3 Å². The first kappa shape index (κ1) is 15.7. The Labute approximate surface area is 127 Å². The second-order valence-corrected chi connectivity index (χ2v) is 7.44. The molecule has 2 heterocycles. The topological polar surface area (TPSA) is 31.4 Å². The highest BCUT2D eigenvalue weighted by Crippen LogP contribution is 2.29. The Bertz CT molecular complexity index is 428. The van der Waals surface area contributed by atoms with Gasteiger partial charge in [0, 0.05) is 30.6 Å². The maximum atomic E-state index is 4.77. The molecule has 1 atom stereocenters. The molecule has 0 amide bonds. The lowest BCUT2D eigenvalue weighted by Crippen LogP contribution is -2.31. The van der Waals surface area contributed by atoms with Gasteiger partial charge in [-0.25, -0.2) is 4.98 Å². The van der Waals surface area contributed by atoms with Crippen LogP contribution in [-0.2, 0) is 6.54 Å². The fourth-order valence-corrected chi connectivity index (χ4v) is 3.59. The third-order valence-electron chi connectivity index (χ3n) is 3.88. The first-order valence-electron chi connectivity index (χ1n) is 7.55. The number of anilines is 1. The highest BCUT2D eigenvalue weighted by atomic mass is 32.1. The van der Waals surface area contributed by atoms with Gasteiger partial charge < -0.3 is 15.1 Å². The molecular formula is C15H28N4S. The monoisotopic (exact) mass is 296 g/mol. The van der Waals surface area contributed by atoms with E-state index in [0.29, 0.717) is 12.0 Å². The van der Waals surface area contributed by atoms with Crippen LogP contribution >= 0.6 is 11.3 Å². The molecule has 1 aromatic rings. The smallest absolute Gasteiger partial charge is 0.185 e. The fraction of sp³-hybridized carbons (Fsp3) is 0.800. The minimum Gasteiger partial charge on any atom is -0.346 e. The average molecular weight is 296 g/mol. The van der Waals surface area contributed by atoms with Gasteiger partial charge in [0.2, 0.25) is 0 Å². The van der Waals surface area contributed by atoms with Gasteiger partial charge in [-0.15, -0.1) is 11.3 Å². The highest BCUT2D eigenvalue weighted by Gasteiger charge is 2.26. The summed E-state index contributed by atoms with van der Waals surface area (Å²) in [6, 6.07) is 0.668. The lowest BCUT2D eigenvalue weighted by molar-refractivity contribution is 0.315. The summed E-state index contributed by atoms with van der Waals surface area (Å²) in [5, 5.41) is 4.72. The van der Waals surface area contributed by atoms with E-state index < -0.39 is 0 Å². The van der Waals surface area contributed by atoms with Crippen molar-refractivity contribution in [2.45, 2.75) is 39.8 Å². The molecule has 1 aliphatic rings. The summed E-state index contributed by atoms with van der Waals surface area (Å²) in [6.45, 7) is 10.9. The molecule has 1 unspecified atom stereocenters. The molecule has 0 aliphatic carbocycles. The molecule has 5 heteroatoms. The lowest BCUT2D eigenvalue weighted by atomic mass is 10.2. The van der Waals surface area contributed by atoms with Gasteiger partial charge in [0.15, 0.2) is 5.13 Å². The van der Waals surface area contributed by atoms with Gasteiger partial charge >= 0.3 is 0 Å². The Morgan fingerprint density at radius 2 is 2.20 bits per heavy atom. The quantitative estimate of drug-likeness (QED) is 0.873. The molecular weight excluding hydrogens is 268 g/mol. The van der Waals surface area contributed by atoms with Gasteiger partial charge in [-0.3, -0.25) is 0 Å². The van der Waals surface area contributed by atoms with E-state index in [-0.39, 0.29) is 0 Å². The van der Waals surface area contributed by atoms with E-state index in [2.05, 4.69) is 50.0 Å². The molecule has 1 saturated heterocycles. The Hall–Kier alpha value is -0.650. The second-order valence-electron chi connectivity index (χ2n) is 6.38. The Morgan fingerprint density at radius 3 is 2.80 bits per heavy atom. The van der Waals surface area contributed by atoms with E-state index in [1.54, 1.807) is 0 Å². The number of aromatic nitrogens is 1. The van der Waals surface area contributed by atoms with E-state index in [4.69, 9.17) is 4.98 Å². The maximum Gasteiger partial charge on any atom is 0.185 e. The van der Waals surface area contributed by atoms with E-state index in [9.17, 15) is 0 Å². The molecule has 1 aromatic heterocycles. The van der Waals surface area contributed by atoms with Gasteiger partial charge in [0.05, 0.1) is 5.69 Å². The number of likely N-dealkylation sites (N-methyl/N-ethyl adjacent to an activating group) is 1. The summed E-state index contributed by atoms with van der Waals surface area (Å²) in [6.07, 6.45) is 1.24. The predicted octanol–water partition coefficient (Wildman–Crippen LogP) is 2.34. The maximum absolute atomic E-state index is 4.77. The standard InChI is InChI=1S/C15H28N4S/c1-11(2)8-16-9-14-12(3)17-15(20-14)19-7-6-13(10-19)18(4)5/h11,13,16H,6-10H2,1-5H3. The Kier molecular flexibility index (Phi) is 5.41. The summed E-state index contributed by atoms with van der Waals surface area (Å²) in [4.78, 5) is 10.9. The minimum atomic E-state index is 0.668. The highest BCUT2D eigenvalue weighted by molar-refractivity contribution is 7.15. The minimum absolute atomic E-state index is 0.668. The van der Waals surface area contributed by atoms with E-state index in [1.165, 1.54) is 22.1 Å². The number of hydrogen-bond acceptors (Lipinski definition) is 5. The van der Waals surface area contributed by atoms with Crippen LogP contribution in [0, 0.1) is 12.8 Å². The van der Waals surface area contributed by atoms with Gasteiger partial charge in [0.25, 0.3) is 0 Å². The number of rotatable bonds is 6. The molecule has 0 aromatic carbocycles. The first-order valence-corrected chi connectivity index (χ1v) is 8.37. The van der Waals surface area contributed by atoms with Gasteiger partial charge in [0.1, 0.15) is 0 Å².